The molecule has 1 unspecified atom stereocenters. The Morgan fingerprint density at radius 2 is 1.50 bits per heavy atom. The molecule has 0 saturated carbocycles. The molecular formula is C15H15N. The van der Waals surface area contributed by atoms with Gasteiger partial charge in [0.15, 0.2) is 0 Å². The average molecular weight is 209 g/mol. The van der Waals surface area contributed by atoms with Gasteiger partial charge in [0.2, 0.25) is 0 Å². The third-order valence-electron chi connectivity index (χ3n) is 3.80. The highest BCUT2D eigenvalue weighted by Gasteiger charge is 2.44. The molecule has 2 aromatic carbocycles. The molecule has 80 valence electrons. The van der Waals surface area contributed by atoms with Gasteiger partial charge in [-0.1, -0.05) is 48.5 Å². The Balaban J connectivity index is 2.16. The number of rotatable bonds is 1. The van der Waals surface area contributed by atoms with E-state index < -0.39 is 0 Å². The Bertz CT molecular complexity index is 518. The van der Waals surface area contributed by atoms with Crippen molar-refractivity contribution in [2.24, 2.45) is 0 Å². The molecule has 0 aromatic heterocycles. The van der Waals surface area contributed by atoms with Gasteiger partial charge in [-0.15, -0.1) is 0 Å². The van der Waals surface area contributed by atoms with Crippen molar-refractivity contribution in [3.8, 4) is 0 Å². The topological polar surface area (TPSA) is 3.24 Å². The predicted octanol–water partition coefficient (Wildman–Crippen LogP) is 3.40. The molecule has 1 nitrogen and oxygen atoms in total. The second kappa shape index (κ2) is 3.11. The minimum atomic E-state index is 0.0395. The van der Waals surface area contributed by atoms with Crippen molar-refractivity contribution in [2.75, 3.05) is 11.9 Å². The van der Waals surface area contributed by atoms with E-state index in [-0.39, 0.29) is 5.54 Å². The lowest BCUT2D eigenvalue weighted by molar-refractivity contribution is 0.503. The van der Waals surface area contributed by atoms with Gasteiger partial charge in [0.1, 0.15) is 0 Å². The minimum absolute atomic E-state index is 0.0395. The van der Waals surface area contributed by atoms with Gasteiger partial charge < -0.3 is 4.90 Å². The van der Waals surface area contributed by atoms with Crippen molar-refractivity contribution in [1.82, 2.24) is 0 Å². The Labute approximate surface area is 96.3 Å². The summed E-state index contributed by atoms with van der Waals surface area (Å²) in [7, 11) is 2.16. The van der Waals surface area contributed by atoms with Crippen molar-refractivity contribution in [1.29, 1.82) is 0 Å². The third-order valence-corrected chi connectivity index (χ3v) is 3.80. The number of benzene rings is 2. The molecule has 1 heterocycles. The minimum Gasteiger partial charge on any atom is -0.361 e. The van der Waals surface area contributed by atoms with Gasteiger partial charge in [-0.3, -0.25) is 0 Å². The summed E-state index contributed by atoms with van der Waals surface area (Å²) in [5.41, 5.74) is 4.16. The maximum Gasteiger partial charge on any atom is 0.0894 e. The first-order valence-corrected chi connectivity index (χ1v) is 5.63. The second-order valence-corrected chi connectivity index (χ2v) is 4.51. The van der Waals surface area contributed by atoms with E-state index >= 15 is 0 Å². The smallest absolute Gasteiger partial charge is 0.0894 e. The number of hydrogen-bond acceptors (Lipinski definition) is 1. The highest BCUT2D eigenvalue weighted by molar-refractivity contribution is 5.72. The van der Waals surface area contributed by atoms with Crippen LogP contribution in [0.5, 0.6) is 0 Å². The van der Waals surface area contributed by atoms with Gasteiger partial charge in [0.05, 0.1) is 5.54 Å². The van der Waals surface area contributed by atoms with Gasteiger partial charge in [-0.25, -0.2) is 0 Å². The van der Waals surface area contributed by atoms with Crippen LogP contribution < -0.4 is 4.90 Å². The van der Waals surface area contributed by atoms with Crippen molar-refractivity contribution >= 4 is 5.69 Å². The predicted molar refractivity (Wildman–Crippen MR) is 67.7 cm³/mol. The monoisotopic (exact) mass is 209 g/mol. The number of anilines is 1. The zero-order valence-electron chi connectivity index (χ0n) is 9.64. The first-order chi connectivity index (χ1) is 7.74. The molecule has 1 heteroatoms. The van der Waals surface area contributed by atoms with Crippen molar-refractivity contribution < 1.29 is 0 Å². The molecule has 0 saturated heterocycles. The summed E-state index contributed by atoms with van der Waals surface area (Å²) in [6.45, 7) is 2.28. The molecule has 0 spiro atoms. The van der Waals surface area contributed by atoms with E-state index in [0.29, 0.717) is 0 Å². The lowest BCUT2D eigenvalue weighted by Crippen LogP contribution is -2.51. The largest absolute Gasteiger partial charge is 0.361 e. The molecule has 0 aliphatic carbocycles. The molecule has 0 N–H and O–H groups in total. The highest BCUT2D eigenvalue weighted by atomic mass is 15.2. The van der Waals surface area contributed by atoms with E-state index in [1.54, 1.807) is 0 Å². The van der Waals surface area contributed by atoms with Crippen LogP contribution in [0.4, 0.5) is 5.69 Å². The van der Waals surface area contributed by atoms with Gasteiger partial charge in [-0.2, -0.15) is 0 Å². The van der Waals surface area contributed by atoms with Crippen LogP contribution in [0, 0.1) is 0 Å². The fourth-order valence-electron chi connectivity index (χ4n) is 2.66. The van der Waals surface area contributed by atoms with Crippen molar-refractivity contribution in [3.05, 3.63) is 65.7 Å². The van der Waals surface area contributed by atoms with Crippen LogP contribution in [-0.2, 0) is 5.54 Å². The molecular weight excluding hydrogens is 194 g/mol. The summed E-state index contributed by atoms with van der Waals surface area (Å²) in [6.07, 6.45) is 0. The first kappa shape index (κ1) is 9.46. The summed E-state index contributed by atoms with van der Waals surface area (Å²) in [5.74, 6) is 0. The molecule has 1 aliphatic rings. The Kier molecular flexibility index (Phi) is 1.84. The third kappa shape index (κ3) is 1.00. The van der Waals surface area contributed by atoms with Gasteiger partial charge >= 0.3 is 0 Å². The maximum atomic E-state index is 2.34. The Hall–Kier alpha value is -1.76. The zero-order valence-corrected chi connectivity index (χ0v) is 9.64. The molecule has 0 fully saturated rings. The van der Waals surface area contributed by atoms with E-state index in [0.717, 1.165) is 0 Å². The summed E-state index contributed by atoms with van der Waals surface area (Å²) in [5, 5.41) is 0. The van der Waals surface area contributed by atoms with Crippen LogP contribution in [0.25, 0.3) is 0 Å². The van der Waals surface area contributed by atoms with E-state index in [1.807, 2.05) is 0 Å². The summed E-state index contributed by atoms with van der Waals surface area (Å²) in [6, 6.07) is 19.3. The maximum absolute atomic E-state index is 2.34. The van der Waals surface area contributed by atoms with E-state index in [4.69, 9.17) is 0 Å². The quantitative estimate of drug-likeness (QED) is 0.695. The first-order valence-electron chi connectivity index (χ1n) is 5.63. The summed E-state index contributed by atoms with van der Waals surface area (Å²) in [4.78, 5) is 2.34. The zero-order chi connectivity index (χ0) is 11.2. The van der Waals surface area contributed by atoms with E-state index in [2.05, 4.69) is 73.5 Å². The molecule has 0 amide bonds. The molecule has 2 aromatic rings. The normalized spacial score (nSPS) is 22.5. The van der Waals surface area contributed by atoms with Crippen molar-refractivity contribution in [2.45, 2.75) is 12.5 Å². The SMILES string of the molecule is CN1c2ccccc2C1(C)c1ccccc1. The summed E-state index contributed by atoms with van der Waals surface area (Å²) < 4.78 is 0. The lowest BCUT2D eigenvalue weighted by Gasteiger charge is -2.52. The average Bonchev–Trinajstić information content (AvgIpc) is 2.38. The standard InChI is InChI=1S/C15H15N/c1-15(12-8-4-3-5-9-12)13-10-6-7-11-14(13)16(15)2/h3-11H,1-2H3. The number of nitrogens with zero attached hydrogens (tertiary/aromatic N) is 1. The van der Waals surface area contributed by atoms with Crippen LogP contribution in [0.3, 0.4) is 0 Å². The fourth-order valence-corrected chi connectivity index (χ4v) is 2.66. The van der Waals surface area contributed by atoms with Crippen LogP contribution in [0.2, 0.25) is 0 Å². The van der Waals surface area contributed by atoms with Gasteiger partial charge in [-0.05, 0) is 18.6 Å². The summed E-state index contributed by atoms with van der Waals surface area (Å²) >= 11 is 0. The molecule has 1 atom stereocenters. The van der Waals surface area contributed by atoms with Crippen LogP contribution >= 0.6 is 0 Å². The number of fused-ring (bicyclic) bond motifs is 1. The molecule has 1 aliphatic heterocycles. The van der Waals surface area contributed by atoms with Crippen molar-refractivity contribution in [3.63, 3.8) is 0 Å². The van der Waals surface area contributed by atoms with Crippen LogP contribution in [-0.4, -0.2) is 7.05 Å². The van der Waals surface area contributed by atoms with Crippen LogP contribution in [0.15, 0.2) is 54.6 Å². The van der Waals surface area contributed by atoms with Crippen LogP contribution in [0.1, 0.15) is 18.1 Å². The van der Waals surface area contributed by atoms with E-state index in [9.17, 15) is 0 Å². The molecule has 3 rings (SSSR count). The lowest BCUT2D eigenvalue weighted by atomic mass is 9.75. The Morgan fingerprint density at radius 3 is 2.25 bits per heavy atom. The molecule has 0 bridgehead atoms. The number of para-hydroxylation sites is 1. The highest BCUT2D eigenvalue weighted by Crippen LogP contribution is 2.50. The fraction of sp³-hybridized carbons (Fsp3) is 0.200. The molecule has 0 radical (unpaired) electrons. The molecule has 16 heavy (non-hydrogen) atoms. The van der Waals surface area contributed by atoms with E-state index in [1.165, 1.54) is 16.8 Å². The van der Waals surface area contributed by atoms with Gasteiger partial charge in [0.25, 0.3) is 0 Å². The number of hydrogen-bond donors (Lipinski definition) is 0. The Morgan fingerprint density at radius 1 is 0.875 bits per heavy atom. The van der Waals surface area contributed by atoms with Gasteiger partial charge in [0, 0.05) is 18.3 Å². The second-order valence-electron chi connectivity index (χ2n) is 4.51.